The summed E-state index contributed by atoms with van der Waals surface area (Å²) < 4.78 is 14.0. The molecule has 1 aromatic heterocycles. The maximum atomic E-state index is 13.3. The summed E-state index contributed by atoms with van der Waals surface area (Å²) in [5.41, 5.74) is 2.58. The molecule has 0 unspecified atom stereocenters. The second kappa shape index (κ2) is 5.25. The van der Waals surface area contributed by atoms with Crippen molar-refractivity contribution in [2.24, 2.45) is 0 Å². The summed E-state index contributed by atoms with van der Waals surface area (Å²) >= 11 is 3.41. The molecule has 7 heteroatoms. The molecular formula is C14H11BrFN3O2. The van der Waals surface area contributed by atoms with Crippen molar-refractivity contribution >= 4 is 32.7 Å². The standard InChI is InChI=1S/C14H11BrFN3O2/c15-8-4-11-12(19-14(21)18-11)5-10(8)17-6-7-1-2-13(20)9(16)3-7/h1-5,17,20H,6H2,(H2,18,19,21). The maximum absolute atomic E-state index is 13.3. The Hall–Kier alpha value is -2.28. The van der Waals surface area contributed by atoms with Crippen LogP contribution < -0.4 is 11.0 Å². The molecule has 0 fully saturated rings. The van der Waals surface area contributed by atoms with Crippen LogP contribution in [0.25, 0.3) is 11.0 Å². The minimum Gasteiger partial charge on any atom is -0.505 e. The Bertz CT molecular complexity index is 872. The van der Waals surface area contributed by atoms with Crippen molar-refractivity contribution in [3.63, 3.8) is 0 Å². The van der Waals surface area contributed by atoms with E-state index in [2.05, 4.69) is 31.2 Å². The first-order chi connectivity index (χ1) is 10.0. The van der Waals surface area contributed by atoms with Crippen molar-refractivity contribution < 1.29 is 9.50 Å². The van der Waals surface area contributed by atoms with Gasteiger partial charge in [-0.25, -0.2) is 9.18 Å². The molecule has 0 aliphatic rings. The highest BCUT2D eigenvalue weighted by Crippen LogP contribution is 2.27. The zero-order valence-electron chi connectivity index (χ0n) is 10.7. The zero-order valence-corrected chi connectivity index (χ0v) is 12.3. The number of anilines is 1. The summed E-state index contributed by atoms with van der Waals surface area (Å²) in [6.45, 7) is 0.385. The van der Waals surface area contributed by atoms with Gasteiger partial charge >= 0.3 is 5.69 Å². The van der Waals surface area contributed by atoms with E-state index < -0.39 is 5.82 Å². The maximum Gasteiger partial charge on any atom is 0.323 e. The largest absolute Gasteiger partial charge is 0.505 e. The molecule has 108 valence electrons. The fourth-order valence-corrected chi connectivity index (χ4v) is 2.53. The number of H-pyrrole nitrogens is 2. The number of halogens is 2. The van der Waals surface area contributed by atoms with Crippen LogP contribution >= 0.6 is 15.9 Å². The molecule has 4 N–H and O–H groups in total. The quantitative estimate of drug-likeness (QED) is 0.585. The first-order valence-corrected chi connectivity index (χ1v) is 6.95. The van der Waals surface area contributed by atoms with Crippen molar-refractivity contribution in [3.05, 3.63) is 56.7 Å². The summed E-state index contributed by atoms with van der Waals surface area (Å²) in [7, 11) is 0. The van der Waals surface area contributed by atoms with E-state index in [1.54, 1.807) is 18.2 Å². The third kappa shape index (κ3) is 2.78. The Morgan fingerprint density at radius 2 is 1.90 bits per heavy atom. The van der Waals surface area contributed by atoms with E-state index in [4.69, 9.17) is 5.11 Å². The molecule has 0 bridgehead atoms. The normalized spacial score (nSPS) is 11.0. The van der Waals surface area contributed by atoms with Crippen LogP contribution in [0, 0.1) is 5.82 Å². The molecule has 0 saturated carbocycles. The average Bonchev–Trinajstić information content (AvgIpc) is 2.79. The van der Waals surface area contributed by atoms with Gasteiger partial charge in [-0.15, -0.1) is 0 Å². The van der Waals surface area contributed by atoms with Crippen LogP contribution in [0.4, 0.5) is 10.1 Å². The Kier molecular flexibility index (Phi) is 3.42. The monoisotopic (exact) mass is 351 g/mol. The van der Waals surface area contributed by atoms with E-state index in [9.17, 15) is 9.18 Å². The fourth-order valence-electron chi connectivity index (χ4n) is 2.05. The van der Waals surface area contributed by atoms with Crippen molar-refractivity contribution in [2.75, 3.05) is 5.32 Å². The SMILES string of the molecule is O=c1[nH]c2cc(Br)c(NCc3ccc(O)c(F)c3)cc2[nH]1. The molecule has 2 aromatic carbocycles. The average molecular weight is 352 g/mol. The fraction of sp³-hybridized carbons (Fsp3) is 0.0714. The lowest BCUT2D eigenvalue weighted by molar-refractivity contribution is 0.432. The highest BCUT2D eigenvalue weighted by Gasteiger charge is 2.06. The van der Waals surface area contributed by atoms with E-state index >= 15 is 0 Å². The highest BCUT2D eigenvalue weighted by atomic mass is 79.9. The van der Waals surface area contributed by atoms with Crippen LogP contribution in [0.15, 0.2) is 39.6 Å². The van der Waals surface area contributed by atoms with Gasteiger partial charge in [-0.3, -0.25) is 0 Å². The summed E-state index contributed by atoms with van der Waals surface area (Å²) in [6, 6.07) is 7.79. The Morgan fingerprint density at radius 3 is 2.62 bits per heavy atom. The Balaban J connectivity index is 1.85. The number of hydrogen-bond acceptors (Lipinski definition) is 3. The van der Waals surface area contributed by atoms with Crippen LogP contribution in [0.5, 0.6) is 5.75 Å². The number of rotatable bonds is 3. The van der Waals surface area contributed by atoms with Crippen molar-refractivity contribution in [3.8, 4) is 5.75 Å². The second-order valence-electron chi connectivity index (χ2n) is 4.60. The molecule has 3 aromatic rings. The van der Waals surface area contributed by atoms with E-state index in [0.29, 0.717) is 23.1 Å². The molecule has 0 atom stereocenters. The summed E-state index contributed by atoms with van der Waals surface area (Å²) in [4.78, 5) is 16.6. The molecule has 0 amide bonds. The molecule has 21 heavy (non-hydrogen) atoms. The van der Waals surface area contributed by atoms with E-state index in [0.717, 1.165) is 10.2 Å². The van der Waals surface area contributed by atoms with Crippen LogP contribution in [-0.2, 0) is 6.54 Å². The number of aromatic nitrogens is 2. The third-order valence-electron chi connectivity index (χ3n) is 3.10. The molecule has 0 saturated heterocycles. The summed E-state index contributed by atoms with van der Waals surface area (Å²) in [6.07, 6.45) is 0. The van der Waals surface area contributed by atoms with Gasteiger partial charge in [-0.2, -0.15) is 0 Å². The van der Waals surface area contributed by atoms with E-state index in [-0.39, 0.29) is 11.4 Å². The van der Waals surface area contributed by atoms with Gasteiger partial charge < -0.3 is 20.4 Å². The van der Waals surface area contributed by atoms with Crippen molar-refractivity contribution in [2.45, 2.75) is 6.54 Å². The number of fused-ring (bicyclic) bond motifs is 1. The van der Waals surface area contributed by atoms with Gasteiger partial charge in [0.15, 0.2) is 11.6 Å². The second-order valence-corrected chi connectivity index (χ2v) is 5.45. The topological polar surface area (TPSA) is 80.9 Å². The van der Waals surface area contributed by atoms with Gasteiger partial charge in [-0.1, -0.05) is 6.07 Å². The van der Waals surface area contributed by atoms with Gasteiger partial charge in [0.05, 0.1) is 16.7 Å². The molecule has 0 radical (unpaired) electrons. The van der Waals surface area contributed by atoms with Gasteiger partial charge in [0, 0.05) is 11.0 Å². The predicted octanol–water partition coefficient (Wildman–Crippen LogP) is 3.08. The number of aromatic amines is 2. The minimum absolute atomic E-state index is 0.269. The van der Waals surface area contributed by atoms with Gasteiger partial charge in [0.2, 0.25) is 0 Å². The zero-order chi connectivity index (χ0) is 15.0. The van der Waals surface area contributed by atoms with Gasteiger partial charge in [0.1, 0.15) is 0 Å². The van der Waals surface area contributed by atoms with Crippen molar-refractivity contribution in [1.82, 2.24) is 9.97 Å². The number of imidazole rings is 1. The van der Waals surface area contributed by atoms with Gasteiger partial charge in [-0.05, 0) is 45.8 Å². The van der Waals surface area contributed by atoms with Crippen LogP contribution in [0.2, 0.25) is 0 Å². The minimum atomic E-state index is -0.654. The molecular weight excluding hydrogens is 341 g/mol. The number of hydrogen-bond donors (Lipinski definition) is 4. The smallest absolute Gasteiger partial charge is 0.323 e. The lowest BCUT2D eigenvalue weighted by Gasteiger charge is -2.09. The molecule has 3 rings (SSSR count). The molecule has 0 spiro atoms. The number of phenolic OH excluding ortho intramolecular Hbond substituents is 1. The first-order valence-electron chi connectivity index (χ1n) is 6.16. The van der Waals surface area contributed by atoms with Gasteiger partial charge in [0.25, 0.3) is 0 Å². The van der Waals surface area contributed by atoms with E-state index in [1.165, 1.54) is 12.1 Å². The number of benzene rings is 2. The Labute approximate surface area is 127 Å². The lowest BCUT2D eigenvalue weighted by Crippen LogP contribution is -2.00. The number of nitrogens with one attached hydrogen (secondary N) is 3. The third-order valence-corrected chi connectivity index (χ3v) is 3.75. The lowest BCUT2D eigenvalue weighted by atomic mass is 10.2. The molecule has 5 nitrogen and oxygen atoms in total. The molecule has 0 aliphatic heterocycles. The van der Waals surface area contributed by atoms with Crippen LogP contribution in [0.3, 0.4) is 0 Å². The van der Waals surface area contributed by atoms with Crippen LogP contribution in [-0.4, -0.2) is 15.1 Å². The highest BCUT2D eigenvalue weighted by molar-refractivity contribution is 9.10. The summed E-state index contributed by atoms with van der Waals surface area (Å²) in [5, 5.41) is 12.3. The van der Waals surface area contributed by atoms with E-state index in [1.807, 2.05) is 0 Å². The van der Waals surface area contributed by atoms with Crippen LogP contribution in [0.1, 0.15) is 5.56 Å². The summed E-state index contributed by atoms with van der Waals surface area (Å²) in [5.74, 6) is -1.02. The number of phenols is 1. The predicted molar refractivity (Wildman–Crippen MR) is 82.0 cm³/mol. The number of aromatic hydroxyl groups is 1. The first kappa shape index (κ1) is 13.7. The molecule has 0 aliphatic carbocycles. The van der Waals surface area contributed by atoms with Crippen molar-refractivity contribution in [1.29, 1.82) is 0 Å². The Morgan fingerprint density at radius 1 is 1.19 bits per heavy atom. The molecule has 1 heterocycles.